The van der Waals surface area contributed by atoms with E-state index < -0.39 is 0 Å². The maximum Gasteiger partial charge on any atom is 0.191 e. The van der Waals surface area contributed by atoms with Crippen molar-refractivity contribution in [3.63, 3.8) is 0 Å². The summed E-state index contributed by atoms with van der Waals surface area (Å²) in [7, 11) is 1.81. The van der Waals surface area contributed by atoms with E-state index in [0.717, 1.165) is 45.1 Å². The summed E-state index contributed by atoms with van der Waals surface area (Å²) in [6.45, 7) is 11.6. The molecule has 0 aliphatic rings. The highest BCUT2D eigenvalue weighted by atomic mass is 32.1. The monoisotopic (exact) mass is 311 g/mol. The summed E-state index contributed by atoms with van der Waals surface area (Å²) in [5.41, 5.74) is 0. The molecule has 6 heteroatoms. The summed E-state index contributed by atoms with van der Waals surface area (Å²) in [6, 6.07) is 0. The molecule has 0 fully saturated rings. The molecule has 0 bridgehead atoms. The minimum atomic E-state index is 0.860. The van der Waals surface area contributed by atoms with Gasteiger partial charge in [-0.2, -0.15) is 0 Å². The lowest BCUT2D eigenvalue weighted by atomic mass is 10.4. The van der Waals surface area contributed by atoms with E-state index in [4.69, 9.17) is 0 Å². The molecule has 2 N–H and O–H groups in total. The van der Waals surface area contributed by atoms with E-state index in [9.17, 15) is 0 Å². The van der Waals surface area contributed by atoms with Crippen LogP contribution in [0.3, 0.4) is 0 Å². The van der Waals surface area contributed by atoms with Crippen LogP contribution in [0.5, 0.6) is 0 Å². The molecule has 0 aliphatic carbocycles. The van der Waals surface area contributed by atoms with Gasteiger partial charge in [-0.05, 0) is 26.4 Å². The van der Waals surface area contributed by atoms with Gasteiger partial charge in [0.25, 0.3) is 0 Å². The zero-order valence-electron chi connectivity index (χ0n) is 13.8. The van der Waals surface area contributed by atoms with Crippen molar-refractivity contribution in [3.05, 3.63) is 16.1 Å². The highest BCUT2D eigenvalue weighted by Gasteiger charge is 2.03. The highest BCUT2D eigenvalue weighted by molar-refractivity contribution is 7.11. The number of hydrogen-bond donors (Lipinski definition) is 2. The second kappa shape index (κ2) is 10.6. The van der Waals surface area contributed by atoms with Gasteiger partial charge in [-0.1, -0.05) is 13.8 Å². The second-order valence-corrected chi connectivity index (χ2v) is 6.29. The molecule has 0 saturated heterocycles. The minimum absolute atomic E-state index is 0.860. The molecule has 1 rings (SSSR count). The molecule has 1 aromatic rings. The standard InChI is InChI=1S/C15H29N5S/c1-5-10-20(6-2)11-9-18-15(16-4)17-8-7-14-19-12-13(3)21-14/h12H,5-11H2,1-4H3,(H2,16,17,18). The Labute approximate surface area is 132 Å². The smallest absolute Gasteiger partial charge is 0.191 e. The zero-order valence-corrected chi connectivity index (χ0v) is 14.6. The number of aryl methyl sites for hydroxylation is 1. The van der Waals surface area contributed by atoms with Crippen molar-refractivity contribution in [1.82, 2.24) is 20.5 Å². The third-order valence-electron chi connectivity index (χ3n) is 3.23. The maximum absolute atomic E-state index is 4.37. The van der Waals surface area contributed by atoms with Crippen LogP contribution < -0.4 is 10.6 Å². The Hall–Kier alpha value is -1.14. The SMILES string of the molecule is CCCN(CC)CCNC(=NC)NCCc1ncc(C)s1. The van der Waals surface area contributed by atoms with E-state index in [1.54, 1.807) is 11.3 Å². The molecule has 1 heterocycles. The molecule has 21 heavy (non-hydrogen) atoms. The lowest BCUT2D eigenvalue weighted by Crippen LogP contribution is -2.42. The Kier molecular flexibility index (Phi) is 9.01. The fourth-order valence-corrected chi connectivity index (χ4v) is 2.89. The minimum Gasteiger partial charge on any atom is -0.356 e. The number of likely N-dealkylation sites (N-methyl/N-ethyl adjacent to an activating group) is 1. The molecule has 1 aromatic heterocycles. The number of rotatable bonds is 9. The average Bonchev–Trinajstić information content (AvgIpc) is 2.90. The molecular weight excluding hydrogens is 282 g/mol. The summed E-state index contributed by atoms with van der Waals surface area (Å²) >= 11 is 1.76. The van der Waals surface area contributed by atoms with E-state index >= 15 is 0 Å². The van der Waals surface area contributed by atoms with Gasteiger partial charge in [0, 0.05) is 44.2 Å². The fourth-order valence-electron chi connectivity index (χ4n) is 2.10. The zero-order chi connectivity index (χ0) is 15.5. The Morgan fingerprint density at radius 3 is 2.62 bits per heavy atom. The molecule has 0 spiro atoms. The van der Waals surface area contributed by atoms with Crippen molar-refractivity contribution in [2.24, 2.45) is 4.99 Å². The van der Waals surface area contributed by atoms with Gasteiger partial charge in [-0.15, -0.1) is 11.3 Å². The van der Waals surface area contributed by atoms with Gasteiger partial charge in [0.2, 0.25) is 0 Å². The van der Waals surface area contributed by atoms with Crippen LogP contribution in [0.1, 0.15) is 30.2 Å². The van der Waals surface area contributed by atoms with E-state index in [1.807, 2.05) is 13.2 Å². The third kappa shape index (κ3) is 7.43. The predicted molar refractivity (Wildman–Crippen MR) is 92.3 cm³/mol. The topological polar surface area (TPSA) is 52.5 Å². The van der Waals surface area contributed by atoms with Crippen molar-refractivity contribution in [1.29, 1.82) is 0 Å². The number of aliphatic imine (C=N–C) groups is 1. The normalized spacial score (nSPS) is 12.0. The van der Waals surface area contributed by atoms with Crippen LogP contribution in [0, 0.1) is 6.92 Å². The summed E-state index contributed by atoms with van der Waals surface area (Å²) < 4.78 is 0. The summed E-state index contributed by atoms with van der Waals surface area (Å²) in [4.78, 5) is 12.3. The second-order valence-electron chi connectivity index (χ2n) is 4.97. The highest BCUT2D eigenvalue weighted by Crippen LogP contribution is 2.10. The Bertz CT molecular complexity index is 416. The maximum atomic E-state index is 4.37. The quantitative estimate of drug-likeness (QED) is 0.540. The molecule has 0 unspecified atom stereocenters. The van der Waals surface area contributed by atoms with Crippen LogP contribution >= 0.6 is 11.3 Å². The first kappa shape index (κ1) is 17.9. The van der Waals surface area contributed by atoms with Crippen molar-refractivity contribution < 1.29 is 0 Å². The van der Waals surface area contributed by atoms with Gasteiger partial charge in [0.1, 0.15) is 0 Å². The van der Waals surface area contributed by atoms with Crippen molar-refractivity contribution in [2.45, 2.75) is 33.6 Å². The average molecular weight is 311 g/mol. The van der Waals surface area contributed by atoms with Gasteiger partial charge >= 0.3 is 0 Å². The molecule has 0 aliphatic heterocycles. The van der Waals surface area contributed by atoms with E-state index in [0.29, 0.717) is 0 Å². The van der Waals surface area contributed by atoms with E-state index in [2.05, 4.69) is 46.3 Å². The van der Waals surface area contributed by atoms with Crippen LogP contribution in [0.25, 0.3) is 0 Å². The van der Waals surface area contributed by atoms with Gasteiger partial charge in [-0.3, -0.25) is 4.99 Å². The molecule has 0 saturated carbocycles. The molecule has 0 radical (unpaired) electrons. The van der Waals surface area contributed by atoms with Gasteiger partial charge < -0.3 is 15.5 Å². The Morgan fingerprint density at radius 1 is 1.29 bits per heavy atom. The van der Waals surface area contributed by atoms with Crippen molar-refractivity contribution >= 4 is 17.3 Å². The molecule has 0 amide bonds. The first-order valence-corrected chi connectivity index (χ1v) is 8.59. The van der Waals surface area contributed by atoms with Gasteiger partial charge in [0.05, 0.1) is 5.01 Å². The lowest BCUT2D eigenvalue weighted by molar-refractivity contribution is 0.293. The van der Waals surface area contributed by atoms with Crippen LogP contribution in [0.15, 0.2) is 11.2 Å². The number of nitrogens with zero attached hydrogens (tertiary/aromatic N) is 3. The first-order valence-electron chi connectivity index (χ1n) is 7.77. The summed E-state index contributed by atoms with van der Waals surface area (Å²) in [5.74, 6) is 0.871. The number of aromatic nitrogens is 1. The molecule has 120 valence electrons. The fraction of sp³-hybridized carbons (Fsp3) is 0.733. The Balaban J connectivity index is 2.19. The largest absolute Gasteiger partial charge is 0.356 e. The summed E-state index contributed by atoms with van der Waals surface area (Å²) in [6.07, 6.45) is 4.07. The summed E-state index contributed by atoms with van der Waals surface area (Å²) in [5, 5.41) is 7.88. The molecule has 0 aromatic carbocycles. The van der Waals surface area contributed by atoms with E-state index in [1.165, 1.54) is 16.3 Å². The van der Waals surface area contributed by atoms with Crippen LogP contribution in [-0.2, 0) is 6.42 Å². The van der Waals surface area contributed by atoms with Gasteiger partial charge in [-0.25, -0.2) is 4.98 Å². The van der Waals surface area contributed by atoms with Crippen molar-refractivity contribution in [3.8, 4) is 0 Å². The van der Waals surface area contributed by atoms with Crippen LogP contribution in [0.2, 0.25) is 0 Å². The molecule has 0 atom stereocenters. The van der Waals surface area contributed by atoms with Crippen molar-refractivity contribution in [2.75, 3.05) is 39.8 Å². The third-order valence-corrected chi connectivity index (χ3v) is 4.20. The number of thiazole rings is 1. The van der Waals surface area contributed by atoms with Crippen LogP contribution in [0.4, 0.5) is 0 Å². The number of nitrogens with one attached hydrogen (secondary N) is 2. The predicted octanol–water partition coefficient (Wildman–Crippen LogP) is 1.89. The molecular formula is C15H29N5S. The first-order chi connectivity index (χ1) is 10.2. The molecule has 5 nitrogen and oxygen atoms in total. The number of hydrogen-bond acceptors (Lipinski definition) is 4. The van der Waals surface area contributed by atoms with Gasteiger partial charge in [0.15, 0.2) is 5.96 Å². The lowest BCUT2D eigenvalue weighted by Gasteiger charge is -2.20. The van der Waals surface area contributed by atoms with Crippen LogP contribution in [-0.4, -0.2) is 55.6 Å². The van der Waals surface area contributed by atoms with E-state index in [-0.39, 0.29) is 0 Å². The number of guanidine groups is 1. The Morgan fingerprint density at radius 2 is 2.05 bits per heavy atom.